The SMILES string of the molecule is Cc1cc(C)c(S(=O)(=O)N2CCOC23CCN(C(=O)C2CCCCC2)CC3)c(C)c1. The highest BCUT2D eigenvalue weighted by Gasteiger charge is 2.51. The number of amides is 1. The third-order valence-corrected chi connectivity index (χ3v) is 9.34. The molecule has 166 valence electrons. The molecule has 3 fully saturated rings. The van der Waals surface area contributed by atoms with E-state index in [4.69, 9.17) is 4.74 Å². The van der Waals surface area contributed by atoms with Crippen molar-refractivity contribution in [1.82, 2.24) is 9.21 Å². The monoisotopic (exact) mass is 434 g/mol. The topological polar surface area (TPSA) is 66.9 Å². The van der Waals surface area contributed by atoms with Gasteiger partial charge in [-0.05, 0) is 44.7 Å². The summed E-state index contributed by atoms with van der Waals surface area (Å²) in [6.45, 7) is 7.60. The summed E-state index contributed by atoms with van der Waals surface area (Å²) in [7, 11) is -3.68. The number of carbonyl (C=O) groups excluding carboxylic acids is 1. The van der Waals surface area contributed by atoms with Crippen LogP contribution in [0.5, 0.6) is 0 Å². The number of rotatable bonds is 3. The van der Waals surface area contributed by atoms with Gasteiger partial charge in [-0.3, -0.25) is 4.79 Å². The highest BCUT2D eigenvalue weighted by Crippen LogP contribution is 2.40. The summed E-state index contributed by atoms with van der Waals surface area (Å²) in [6, 6.07) is 3.85. The van der Waals surface area contributed by atoms with Crippen LogP contribution in [0.3, 0.4) is 0 Å². The first kappa shape index (κ1) is 21.8. The van der Waals surface area contributed by atoms with Crippen molar-refractivity contribution >= 4 is 15.9 Å². The average molecular weight is 435 g/mol. The Balaban J connectivity index is 1.53. The van der Waals surface area contributed by atoms with Crippen LogP contribution in [-0.4, -0.2) is 55.5 Å². The molecule has 2 aliphatic heterocycles. The van der Waals surface area contributed by atoms with Crippen molar-refractivity contribution in [1.29, 1.82) is 0 Å². The normalized spacial score (nSPS) is 23.2. The molecule has 1 aliphatic carbocycles. The maximum absolute atomic E-state index is 13.7. The van der Waals surface area contributed by atoms with Crippen LogP contribution < -0.4 is 0 Å². The maximum Gasteiger partial charge on any atom is 0.246 e. The lowest BCUT2D eigenvalue weighted by Crippen LogP contribution is -2.56. The third-order valence-electron chi connectivity index (χ3n) is 7.08. The minimum atomic E-state index is -3.68. The van der Waals surface area contributed by atoms with Gasteiger partial charge in [0.2, 0.25) is 15.9 Å². The molecule has 2 heterocycles. The highest BCUT2D eigenvalue weighted by atomic mass is 32.2. The standard InChI is InChI=1S/C23H34N2O4S/c1-17-15-18(2)21(19(3)16-17)30(27,28)25-13-14-29-23(25)9-11-24(12-10-23)22(26)20-7-5-4-6-8-20/h15-16,20H,4-14H2,1-3H3. The van der Waals surface area contributed by atoms with Crippen LogP contribution in [0.4, 0.5) is 0 Å². The number of carbonyl (C=O) groups is 1. The molecule has 3 aliphatic rings. The third kappa shape index (κ3) is 3.80. The predicted octanol–water partition coefficient (Wildman–Crippen LogP) is 3.53. The van der Waals surface area contributed by atoms with Crippen LogP contribution >= 0.6 is 0 Å². The van der Waals surface area contributed by atoms with Crippen LogP contribution in [0.25, 0.3) is 0 Å². The van der Waals surface area contributed by atoms with E-state index in [1.807, 2.05) is 37.8 Å². The second-order valence-corrected chi connectivity index (χ2v) is 11.1. The minimum absolute atomic E-state index is 0.148. The largest absolute Gasteiger partial charge is 0.358 e. The Morgan fingerprint density at radius 3 is 2.20 bits per heavy atom. The molecule has 0 atom stereocenters. The van der Waals surface area contributed by atoms with E-state index in [1.54, 1.807) is 4.31 Å². The van der Waals surface area contributed by atoms with E-state index in [-0.39, 0.29) is 11.8 Å². The van der Waals surface area contributed by atoms with Crippen LogP contribution in [0.2, 0.25) is 0 Å². The lowest BCUT2D eigenvalue weighted by Gasteiger charge is -2.44. The zero-order chi connectivity index (χ0) is 21.5. The molecular weight excluding hydrogens is 400 g/mol. The zero-order valence-corrected chi connectivity index (χ0v) is 19.3. The van der Waals surface area contributed by atoms with E-state index in [1.165, 1.54) is 6.42 Å². The smallest absolute Gasteiger partial charge is 0.246 e. The number of hydrogen-bond donors (Lipinski definition) is 0. The second kappa shape index (κ2) is 8.24. The van der Waals surface area contributed by atoms with E-state index in [2.05, 4.69) is 0 Å². The Kier molecular flexibility index (Phi) is 5.99. The number of likely N-dealkylation sites (tertiary alicyclic amines) is 1. The van der Waals surface area contributed by atoms with Crippen molar-refractivity contribution in [3.63, 3.8) is 0 Å². The molecule has 0 aromatic heterocycles. The van der Waals surface area contributed by atoms with Gasteiger partial charge in [0.1, 0.15) is 5.72 Å². The average Bonchev–Trinajstić information content (AvgIpc) is 3.11. The molecule has 4 rings (SSSR count). The van der Waals surface area contributed by atoms with E-state index in [0.717, 1.165) is 42.4 Å². The fraction of sp³-hybridized carbons (Fsp3) is 0.696. The molecule has 2 saturated heterocycles. The molecule has 1 spiro atoms. The quantitative estimate of drug-likeness (QED) is 0.730. The van der Waals surface area contributed by atoms with Gasteiger partial charge >= 0.3 is 0 Å². The highest BCUT2D eigenvalue weighted by molar-refractivity contribution is 7.89. The van der Waals surface area contributed by atoms with Crippen molar-refractivity contribution in [3.8, 4) is 0 Å². The Labute approximate surface area is 180 Å². The van der Waals surface area contributed by atoms with Gasteiger partial charge in [-0.25, -0.2) is 8.42 Å². The fourth-order valence-corrected chi connectivity index (χ4v) is 7.84. The summed E-state index contributed by atoms with van der Waals surface area (Å²) >= 11 is 0. The van der Waals surface area contributed by atoms with E-state index in [0.29, 0.717) is 44.0 Å². The number of benzene rings is 1. The first-order valence-electron chi connectivity index (χ1n) is 11.3. The Morgan fingerprint density at radius 2 is 1.60 bits per heavy atom. The Morgan fingerprint density at radius 1 is 1.00 bits per heavy atom. The van der Waals surface area contributed by atoms with Gasteiger partial charge < -0.3 is 9.64 Å². The molecule has 7 heteroatoms. The summed E-state index contributed by atoms with van der Waals surface area (Å²) < 4.78 is 35.0. The van der Waals surface area contributed by atoms with Gasteiger partial charge in [0.25, 0.3) is 0 Å². The summed E-state index contributed by atoms with van der Waals surface area (Å²) in [5.41, 5.74) is 1.79. The van der Waals surface area contributed by atoms with Gasteiger partial charge in [-0.1, -0.05) is 37.0 Å². The van der Waals surface area contributed by atoms with E-state index >= 15 is 0 Å². The van der Waals surface area contributed by atoms with Crippen LogP contribution in [-0.2, 0) is 19.6 Å². The van der Waals surface area contributed by atoms with Crippen LogP contribution in [0, 0.1) is 26.7 Å². The lowest BCUT2D eigenvalue weighted by molar-refractivity contribution is -0.145. The summed E-state index contributed by atoms with van der Waals surface area (Å²) in [4.78, 5) is 15.3. The number of aryl methyl sites for hydroxylation is 3. The molecular formula is C23H34N2O4S. The lowest BCUT2D eigenvalue weighted by atomic mass is 9.87. The first-order valence-corrected chi connectivity index (χ1v) is 12.7. The molecule has 1 saturated carbocycles. The van der Waals surface area contributed by atoms with Crippen LogP contribution in [0.15, 0.2) is 17.0 Å². The van der Waals surface area contributed by atoms with Gasteiger partial charge in [-0.2, -0.15) is 4.31 Å². The van der Waals surface area contributed by atoms with Crippen LogP contribution in [0.1, 0.15) is 61.6 Å². The summed E-state index contributed by atoms with van der Waals surface area (Å²) in [5.74, 6) is 0.400. The minimum Gasteiger partial charge on any atom is -0.358 e. The zero-order valence-electron chi connectivity index (χ0n) is 18.4. The second-order valence-electron chi connectivity index (χ2n) is 9.26. The molecule has 0 radical (unpaired) electrons. The number of ether oxygens (including phenoxy) is 1. The number of sulfonamides is 1. The Hall–Kier alpha value is -1.44. The van der Waals surface area contributed by atoms with Crippen molar-refractivity contribution in [2.24, 2.45) is 5.92 Å². The number of hydrogen-bond acceptors (Lipinski definition) is 4. The molecule has 1 amide bonds. The maximum atomic E-state index is 13.7. The van der Waals surface area contributed by atoms with E-state index < -0.39 is 15.7 Å². The molecule has 30 heavy (non-hydrogen) atoms. The van der Waals surface area contributed by atoms with Gasteiger partial charge in [-0.15, -0.1) is 0 Å². The summed E-state index contributed by atoms with van der Waals surface area (Å²) in [6.07, 6.45) is 6.55. The molecule has 0 unspecified atom stereocenters. The summed E-state index contributed by atoms with van der Waals surface area (Å²) in [5, 5.41) is 0. The van der Waals surface area contributed by atoms with Crippen molar-refractivity contribution in [3.05, 3.63) is 28.8 Å². The number of piperidine rings is 1. The fourth-order valence-electron chi connectivity index (χ4n) is 5.70. The first-order chi connectivity index (χ1) is 14.2. The molecule has 0 N–H and O–H groups in total. The molecule has 0 bridgehead atoms. The van der Waals surface area contributed by atoms with Gasteiger partial charge in [0.15, 0.2) is 0 Å². The molecule has 1 aromatic carbocycles. The van der Waals surface area contributed by atoms with Gasteiger partial charge in [0.05, 0.1) is 11.5 Å². The van der Waals surface area contributed by atoms with Crippen molar-refractivity contribution in [2.45, 2.75) is 76.3 Å². The van der Waals surface area contributed by atoms with Crippen molar-refractivity contribution < 1.29 is 17.9 Å². The van der Waals surface area contributed by atoms with Gasteiger partial charge in [0, 0.05) is 38.4 Å². The Bertz CT molecular complexity index is 890. The molecule has 6 nitrogen and oxygen atoms in total. The predicted molar refractivity (Wildman–Crippen MR) is 116 cm³/mol. The molecule has 1 aromatic rings. The van der Waals surface area contributed by atoms with Crippen molar-refractivity contribution in [2.75, 3.05) is 26.2 Å². The number of nitrogens with zero attached hydrogens (tertiary/aromatic N) is 2. The van der Waals surface area contributed by atoms with E-state index in [9.17, 15) is 13.2 Å².